The second kappa shape index (κ2) is 9.30. The molecular weight excluding hydrogens is 527 g/mol. The minimum absolute atomic E-state index is 0.0885. The Hall–Kier alpha value is -3.51. The molecule has 2 saturated heterocycles. The van der Waals surface area contributed by atoms with Crippen molar-refractivity contribution in [2.45, 2.75) is 37.4 Å². The van der Waals surface area contributed by atoms with Crippen LogP contribution in [0, 0.1) is 5.82 Å². The highest BCUT2D eigenvalue weighted by Gasteiger charge is 2.49. The van der Waals surface area contributed by atoms with E-state index in [0.29, 0.717) is 64.1 Å². The Morgan fingerprint density at radius 2 is 2.08 bits per heavy atom. The number of hydrogen-bond acceptors (Lipinski definition) is 9. The van der Waals surface area contributed by atoms with Crippen LogP contribution in [0.5, 0.6) is 6.01 Å². The molecule has 8 nitrogen and oxygen atoms in total. The number of alkyl halides is 1. The van der Waals surface area contributed by atoms with Crippen molar-refractivity contribution in [3.63, 3.8) is 0 Å². The monoisotopic (exact) mass is 553 g/mol. The second-order valence-corrected chi connectivity index (χ2v) is 11.5. The van der Waals surface area contributed by atoms with Gasteiger partial charge in [-0.2, -0.15) is 9.97 Å². The van der Waals surface area contributed by atoms with Gasteiger partial charge in [-0.15, -0.1) is 0 Å². The number of ether oxygens (including phenoxy) is 1. The third-order valence-electron chi connectivity index (χ3n) is 7.97. The fourth-order valence-corrected chi connectivity index (χ4v) is 6.94. The molecule has 3 aliphatic heterocycles. The fourth-order valence-electron chi connectivity index (χ4n) is 6.17. The lowest BCUT2D eigenvalue weighted by Gasteiger charge is -2.31. The molecule has 0 amide bonds. The molecule has 3 aliphatic rings. The molecule has 3 aromatic heterocycles. The van der Waals surface area contributed by atoms with Crippen LogP contribution in [0.3, 0.4) is 0 Å². The van der Waals surface area contributed by atoms with E-state index in [1.54, 1.807) is 24.4 Å². The van der Waals surface area contributed by atoms with Crippen molar-refractivity contribution >= 4 is 43.4 Å². The summed E-state index contributed by atoms with van der Waals surface area (Å²) in [6.45, 7) is 2.23. The molecule has 0 saturated carbocycles. The van der Waals surface area contributed by atoms with E-state index in [-0.39, 0.29) is 35.7 Å². The molecule has 2 fully saturated rings. The van der Waals surface area contributed by atoms with E-state index in [1.165, 1.54) is 6.07 Å². The number of fused-ring (bicyclic) bond motifs is 3. The zero-order chi connectivity index (χ0) is 26.7. The van der Waals surface area contributed by atoms with Gasteiger partial charge in [0.15, 0.2) is 5.13 Å². The summed E-state index contributed by atoms with van der Waals surface area (Å²) in [4.78, 5) is 22.3. The number of aromatic nitrogens is 4. The van der Waals surface area contributed by atoms with E-state index >= 15 is 0 Å². The number of benzene rings is 1. The predicted octanol–water partition coefficient (Wildman–Crippen LogP) is 5.04. The average Bonchev–Trinajstić information content (AvgIpc) is 3.58. The quantitative estimate of drug-likeness (QED) is 0.368. The van der Waals surface area contributed by atoms with Gasteiger partial charge < -0.3 is 15.4 Å². The molecule has 202 valence electrons. The van der Waals surface area contributed by atoms with Crippen LogP contribution in [-0.2, 0) is 0 Å². The van der Waals surface area contributed by atoms with Crippen molar-refractivity contribution in [1.29, 1.82) is 0 Å². The Labute approximate surface area is 226 Å². The molecular formula is C27H26F3N7OS. The van der Waals surface area contributed by atoms with E-state index < -0.39 is 12.0 Å². The first kappa shape index (κ1) is 24.5. The van der Waals surface area contributed by atoms with Crippen molar-refractivity contribution in [2.75, 3.05) is 43.4 Å². The topological polar surface area (TPSA) is 93.3 Å². The van der Waals surface area contributed by atoms with Crippen molar-refractivity contribution in [3.8, 4) is 17.3 Å². The average molecular weight is 554 g/mol. The van der Waals surface area contributed by atoms with E-state index in [2.05, 4.69) is 19.9 Å². The lowest BCUT2D eigenvalue weighted by atomic mass is 9.95. The molecule has 0 spiro atoms. The first-order valence-corrected chi connectivity index (χ1v) is 13.8. The number of nitrogens with two attached hydrogens (primary N) is 1. The third-order valence-corrected chi connectivity index (χ3v) is 8.86. The van der Waals surface area contributed by atoms with E-state index in [9.17, 15) is 13.2 Å². The summed E-state index contributed by atoms with van der Waals surface area (Å²) in [6.07, 6.45) is 5.20. The minimum Gasteiger partial charge on any atom is -0.461 e. The highest BCUT2D eigenvalue weighted by Crippen LogP contribution is 2.41. The summed E-state index contributed by atoms with van der Waals surface area (Å²) in [5.74, 6) is -0.0997. The summed E-state index contributed by atoms with van der Waals surface area (Å²) >= 11 is 1.08. The summed E-state index contributed by atoms with van der Waals surface area (Å²) in [7, 11) is 0. The number of nitrogens with zero attached hydrogens (tertiary/aromatic N) is 6. The summed E-state index contributed by atoms with van der Waals surface area (Å²) in [6, 6.07) is 4.92. The number of thiazole rings is 1. The van der Waals surface area contributed by atoms with Gasteiger partial charge in [0.05, 0.1) is 38.9 Å². The van der Waals surface area contributed by atoms with Gasteiger partial charge in [-0.25, -0.2) is 18.2 Å². The third kappa shape index (κ3) is 4.26. The number of halogens is 3. The van der Waals surface area contributed by atoms with Crippen LogP contribution < -0.4 is 15.4 Å². The Morgan fingerprint density at radius 3 is 2.95 bits per heavy atom. The first-order valence-electron chi connectivity index (χ1n) is 13.0. The molecule has 0 bridgehead atoms. The summed E-state index contributed by atoms with van der Waals surface area (Å²) < 4.78 is 49.5. The summed E-state index contributed by atoms with van der Waals surface area (Å²) in [5.41, 5.74) is 7.66. The van der Waals surface area contributed by atoms with Crippen LogP contribution in [0.2, 0.25) is 0 Å². The van der Waals surface area contributed by atoms with Gasteiger partial charge in [-0.1, -0.05) is 11.3 Å². The van der Waals surface area contributed by atoms with Gasteiger partial charge in [0, 0.05) is 31.3 Å². The number of anilines is 2. The van der Waals surface area contributed by atoms with Crippen molar-refractivity contribution < 1.29 is 17.9 Å². The molecule has 2 unspecified atom stereocenters. The standard InChI is InChI=1S/C27H26F3N7OS/c28-15-3-1-7-36(12-15)24-18-11-32-20(17-4-5-19(30)23-22(17)34-25(31)39-23)9-21(18)33-26(35-24)38-14-27-6-2-8-37(27)13-16(29)10-27/h3-5,9,11,16H,1-2,6-8,10,12-14H2,(H2,31,34). The molecule has 6 heterocycles. The molecule has 4 aromatic rings. The van der Waals surface area contributed by atoms with E-state index in [0.717, 1.165) is 30.7 Å². The molecule has 39 heavy (non-hydrogen) atoms. The van der Waals surface area contributed by atoms with Gasteiger partial charge in [0.1, 0.15) is 30.2 Å². The van der Waals surface area contributed by atoms with Gasteiger partial charge in [-0.3, -0.25) is 9.88 Å². The maximum atomic E-state index is 14.4. The SMILES string of the molecule is Nc1nc2c(-c3cc4nc(OCC56CCCN5CC(F)C6)nc(N5CCC=C(F)C5)c4cn3)ccc(F)c2s1. The normalized spacial score (nSPS) is 23.5. The van der Waals surface area contributed by atoms with Crippen molar-refractivity contribution in [2.24, 2.45) is 0 Å². The number of rotatable bonds is 5. The maximum Gasteiger partial charge on any atom is 0.319 e. The maximum absolute atomic E-state index is 14.4. The van der Waals surface area contributed by atoms with Crippen LogP contribution >= 0.6 is 11.3 Å². The Morgan fingerprint density at radius 1 is 1.18 bits per heavy atom. The second-order valence-electron chi connectivity index (χ2n) is 10.5. The lowest BCUT2D eigenvalue weighted by Crippen LogP contribution is -2.43. The van der Waals surface area contributed by atoms with E-state index in [1.807, 2.05) is 4.90 Å². The minimum atomic E-state index is -0.869. The Kier molecular flexibility index (Phi) is 5.85. The number of nitrogen functional groups attached to an aromatic ring is 1. The van der Waals surface area contributed by atoms with Gasteiger partial charge >= 0.3 is 6.01 Å². The zero-order valence-corrected chi connectivity index (χ0v) is 21.9. The fraction of sp³-hybridized carbons (Fsp3) is 0.407. The van der Waals surface area contributed by atoms with Gasteiger partial charge in [0.2, 0.25) is 0 Å². The Bertz CT molecular complexity index is 1630. The van der Waals surface area contributed by atoms with Crippen molar-refractivity contribution in [3.05, 3.63) is 42.1 Å². The molecule has 1 aromatic carbocycles. The smallest absolute Gasteiger partial charge is 0.319 e. The molecule has 2 atom stereocenters. The first-order chi connectivity index (χ1) is 18.9. The van der Waals surface area contributed by atoms with Crippen LogP contribution in [-0.4, -0.2) is 69.3 Å². The van der Waals surface area contributed by atoms with Crippen molar-refractivity contribution in [1.82, 2.24) is 24.8 Å². The molecule has 0 aliphatic carbocycles. The van der Waals surface area contributed by atoms with Crippen LogP contribution in [0.4, 0.5) is 24.1 Å². The molecule has 12 heteroatoms. The van der Waals surface area contributed by atoms with Gasteiger partial charge in [-0.05, 0) is 50.1 Å². The highest BCUT2D eigenvalue weighted by atomic mass is 32.1. The molecule has 0 radical (unpaired) electrons. The van der Waals surface area contributed by atoms with Crippen LogP contribution in [0.15, 0.2) is 36.3 Å². The number of hydrogen-bond donors (Lipinski definition) is 1. The van der Waals surface area contributed by atoms with Crippen LogP contribution in [0.1, 0.15) is 25.7 Å². The largest absolute Gasteiger partial charge is 0.461 e. The molecule has 7 rings (SSSR count). The lowest BCUT2D eigenvalue weighted by molar-refractivity contribution is 0.107. The van der Waals surface area contributed by atoms with Gasteiger partial charge in [0.25, 0.3) is 0 Å². The molecule has 2 N–H and O–H groups in total. The summed E-state index contributed by atoms with van der Waals surface area (Å²) in [5, 5.41) is 0.905. The zero-order valence-electron chi connectivity index (χ0n) is 21.0. The van der Waals surface area contributed by atoms with E-state index in [4.69, 9.17) is 15.5 Å². The highest BCUT2D eigenvalue weighted by molar-refractivity contribution is 7.22. The number of pyridine rings is 1. The van der Waals surface area contributed by atoms with Crippen LogP contribution in [0.25, 0.3) is 32.4 Å². The Balaban J connectivity index is 1.31. The predicted molar refractivity (Wildman–Crippen MR) is 145 cm³/mol.